The Morgan fingerprint density at radius 2 is 2.18 bits per heavy atom. The van der Waals surface area contributed by atoms with Crippen LogP contribution in [0.1, 0.15) is 19.3 Å². The highest BCUT2D eigenvalue weighted by molar-refractivity contribution is 5.67. The number of methoxy groups -OCH3 is 1. The average Bonchev–Trinajstić information content (AvgIpc) is 2.92. The Hall–Kier alpha value is -1.89. The van der Waals surface area contributed by atoms with Crippen LogP contribution < -0.4 is 15.4 Å². The Bertz CT molecular complexity index is 596. The largest absolute Gasteiger partial charge is 0.494 e. The quantitative estimate of drug-likeness (QED) is 0.684. The molecule has 1 aromatic rings. The molecule has 0 amide bonds. The molecule has 22 heavy (non-hydrogen) atoms. The van der Waals surface area contributed by atoms with E-state index in [9.17, 15) is 14.5 Å². The van der Waals surface area contributed by atoms with E-state index < -0.39 is 10.7 Å². The summed E-state index contributed by atoms with van der Waals surface area (Å²) in [6.07, 6.45) is 3.20. The number of hydrogen-bond acceptors (Lipinski definition) is 5. The molecule has 0 spiro atoms. The second kappa shape index (κ2) is 5.72. The van der Waals surface area contributed by atoms with E-state index >= 15 is 0 Å². The molecule has 0 radical (unpaired) electrons. The molecule has 7 heteroatoms. The monoisotopic (exact) mass is 309 g/mol. The summed E-state index contributed by atoms with van der Waals surface area (Å²) in [5.41, 5.74) is 6.40. The molecule has 2 N–H and O–H groups in total. The molecule has 1 saturated carbocycles. The Morgan fingerprint density at radius 1 is 1.41 bits per heavy atom. The molecule has 2 aliphatic rings. The fourth-order valence-electron chi connectivity index (χ4n) is 3.80. The first-order valence-electron chi connectivity index (χ1n) is 7.53. The Balaban J connectivity index is 1.95. The Morgan fingerprint density at radius 3 is 2.82 bits per heavy atom. The minimum absolute atomic E-state index is 0.0276. The molecule has 0 aromatic heterocycles. The first kappa shape index (κ1) is 15.0. The number of rotatable bonds is 3. The number of nitrogens with two attached hydrogens (primary N) is 1. The summed E-state index contributed by atoms with van der Waals surface area (Å²) in [4.78, 5) is 12.7. The second-order valence-corrected chi connectivity index (χ2v) is 6.16. The predicted molar refractivity (Wildman–Crippen MR) is 80.6 cm³/mol. The van der Waals surface area contributed by atoms with Gasteiger partial charge >= 0.3 is 0 Å². The molecule has 120 valence electrons. The maximum absolute atomic E-state index is 13.8. The molecule has 0 bridgehead atoms. The van der Waals surface area contributed by atoms with E-state index in [0.717, 1.165) is 31.9 Å². The number of ether oxygens (including phenoxy) is 1. The van der Waals surface area contributed by atoms with E-state index in [-0.39, 0.29) is 17.5 Å². The van der Waals surface area contributed by atoms with Gasteiger partial charge in [0.25, 0.3) is 5.69 Å². The number of nitro benzene ring substituents is 1. The summed E-state index contributed by atoms with van der Waals surface area (Å²) in [6, 6.07) is 2.51. The molecule has 1 heterocycles. The van der Waals surface area contributed by atoms with E-state index in [1.165, 1.54) is 13.2 Å². The lowest BCUT2D eigenvalue weighted by molar-refractivity contribution is -0.384. The van der Waals surface area contributed by atoms with Crippen LogP contribution in [0.4, 0.5) is 15.8 Å². The highest BCUT2D eigenvalue weighted by atomic mass is 19.1. The van der Waals surface area contributed by atoms with Gasteiger partial charge in [0.2, 0.25) is 0 Å². The van der Waals surface area contributed by atoms with Gasteiger partial charge in [-0.25, -0.2) is 4.39 Å². The summed E-state index contributed by atoms with van der Waals surface area (Å²) in [5.74, 6) is 0.120. The number of hydrogen-bond donors (Lipinski definition) is 1. The molecule has 3 rings (SSSR count). The van der Waals surface area contributed by atoms with Crippen LogP contribution in [-0.2, 0) is 0 Å². The van der Waals surface area contributed by atoms with Crippen molar-refractivity contribution in [3.63, 3.8) is 0 Å². The minimum atomic E-state index is -0.716. The van der Waals surface area contributed by atoms with Gasteiger partial charge in [0.05, 0.1) is 18.1 Å². The Labute approximate surface area is 128 Å². The maximum Gasteiger partial charge on any atom is 0.295 e. The van der Waals surface area contributed by atoms with Crippen LogP contribution in [-0.4, -0.2) is 31.2 Å². The zero-order valence-electron chi connectivity index (χ0n) is 12.5. The fraction of sp³-hybridized carbons (Fsp3) is 0.600. The first-order valence-corrected chi connectivity index (χ1v) is 7.53. The number of benzene rings is 1. The smallest absolute Gasteiger partial charge is 0.295 e. The molecule has 6 nitrogen and oxygen atoms in total. The third kappa shape index (κ3) is 2.49. The van der Waals surface area contributed by atoms with E-state index in [4.69, 9.17) is 10.5 Å². The van der Waals surface area contributed by atoms with Crippen molar-refractivity contribution in [3.8, 4) is 5.75 Å². The maximum atomic E-state index is 13.8. The summed E-state index contributed by atoms with van der Waals surface area (Å²) >= 11 is 0. The van der Waals surface area contributed by atoms with Gasteiger partial charge < -0.3 is 15.4 Å². The van der Waals surface area contributed by atoms with Gasteiger partial charge in [0.1, 0.15) is 5.69 Å². The highest BCUT2D eigenvalue weighted by Gasteiger charge is 2.40. The van der Waals surface area contributed by atoms with Crippen molar-refractivity contribution in [2.24, 2.45) is 17.6 Å². The molecule has 1 saturated heterocycles. The van der Waals surface area contributed by atoms with Crippen molar-refractivity contribution in [1.82, 2.24) is 0 Å². The van der Waals surface area contributed by atoms with Crippen LogP contribution in [0.2, 0.25) is 0 Å². The van der Waals surface area contributed by atoms with Gasteiger partial charge in [-0.2, -0.15) is 0 Å². The standard InChI is InChI=1S/C15H20FN3O3/c1-22-15-6-13(14(19(20)21)5-11(15)16)18-7-9-3-2-4-12(17)10(9)8-18/h5-6,9-10,12H,2-4,7-8,17H2,1H3. The number of nitrogens with zero attached hydrogens (tertiary/aromatic N) is 2. The van der Waals surface area contributed by atoms with Crippen molar-refractivity contribution in [2.75, 3.05) is 25.1 Å². The van der Waals surface area contributed by atoms with E-state index in [1.807, 2.05) is 4.90 Å². The van der Waals surface area contributed by atoms with Gasteiger partial charge in [0.15, 0.2) is 11.6 Å². The van der Waals surface area contributed by atoms with Crippen LogP contribution >= 0.6 is 0 Å². The highest BCUT2D eigenvalue weighted by Crippen LogP contribution is 2.42. The number of halogens is 1. The van der Waals surface area contributed by atoms with Crippen molar-refractivity contribution in [2.45, 2.75) is 25.3 Å². The van der Waals surface area contributed by atoms with Gasteiger partial charge in [-0.05, 0) is 24.7 Å². The number of fused-ring (bicyclic) bond motifs is 1. The molecular weight excluding hydrogens is 289 g/mol. The molecule has 3 atom stereocenters. The SMILES string of the molecule is COc1cc(N2CC3CCCC(N)C3C2)c([N+](=O)[O-])cc1F. The van der Waals surface area contributed by atoms with Crippen molar-refractivity contribution < 1.29 is 14.1 Å². The molecule has 1 aliphatic heterocycles. The lowest BCUT2D eigenvalue weighted by Crippen LogP contribution is -2.38. The van der Waals surface area contributed by atoms with E-state index in [2.05, 4.69) is 0 Å². The molecule has 1 aromatic carbocycles. The average molecular weight is 309 g/mol. The second-order valence-electron chi connectivity index (χ2n) is 6.16. The van der Waals surface area contributed by atoms with Crippen molar-refractivity contribution in [3.05, 3.63) is 28.1 Å². The predicted octanol–water partition coefficient (Wildman–Crippen LogP) is 2.31. The minimum Gasteiger partial charge on any atom is -0.494 e. The van der Waals surface area contributed by atoms with Gasteiger partial charge in [-0.3, -0.25) is 10.1 Å². The van der Waals surface area contributed by atoms with Crippen molar-refractivity contribution >= 4 is 11.4 Å². The lowest BCUT2D eigenvalue weighted by Gasteiger charge is -2.29. The van der Waals surface area contributed by atoms with Gasteiger partial charge in [-0.1, -0.05) is 6.42 Å². The molecular formula is C15H20FN3O3. The molecule has 1 aliphatic carbocycles. The zero-order valence-corrected chi connectivity index (χ0v) is 12.5. The van der Waals surface area contributed by atoms with Crippen LogP contribution in [0.5, 0.6) is 5.75 Å². The fourth-order valence-corrected chi connectivity index (χ4v) is 3.80. The van der Waals surface area contributed by atoms with Crippen molar-refractivity contribution in [1.29, 1.82) is 0 Å². The van der Waals surface area contributed by atoms with Crippen LogP contribution in [0.15, 0.2) is 12.1 Å². The topological polar surface area (TPSA) is 81.6 Å². The van der Waals surface area contributed by atoms with Crippen LogP contribution in [0.25, 0.3) is 0 Å². The van der Waals surface area contributed by atoms with Crippen LogP contribution in [0.3, 0.4) is 0 Å². The van der Waals surface area contributed by atoms with Crippen LogP contribution in [0, 0.1) is 27.8 Å². The summed E-state index contributed by atoms with van der Waals surface area (Å²) in [5, 5.41) is 11.3. The summed E-state index contributed by atoms with van der Waals surface area (Å²) < 4.78 is 18.7. The van der Waals surface area contributed by atoms with Gasteiger partial charge in [0, 0.05) is 25.2 Å². The number of nitro groups is 1. The number of anilines is 1. The van der Waals surface area contributed by atoms with E-state index in [1.54, 1.807) is 0 Å². The zero-order chi connectivity index (χ0) is 15.9. The molecule has 2 fully saturated rings. The lowest BCUT2D eigenvalue weighted by atomic mass is 9.78. The summed E-state index contributed by atoms with van der Waals surface area (Å²) in [6.45, 7) is 1.41. The third-order valence-corrected chi connectivity index (χ3v) is 4.94. The Kier molecular flexibility index (Phi) is 3.90. The molecule has 3 unspecified atom stereocenters. The van der Waals surface area contributed by atoms with Gasteiger partial charge in [-0.15, -0.1) is 0 Å². The first-order chi connectivity index (χ1) is 10.5. The normalized spacial score (nSPS) is 27.6. The third-order valence-electron chi connectivity index (χ3n) is 4.94. The van der Waals surface area contributed by atoms with E-state index in [0.29, 0.717) is 24.1 Å². The summed E-state index contributed by atoms with van der Waals surface area (Å²) in [7, 11) is 1.35.